The SMILES string of the molecule is CCn1c(-c2ccco2)c(C#N)c2ccc(OC)cc21. The van der Waals surface area contributed by atoms with E-state index in [4.69, 9.17) is 9.15 Å². The molecule has 0 N–H and O–H groups in total. The maximum atomic E-state index is 9.51. The highest BCUT2D eigenvalue weighted by Gasteiger charge is 2.19. The normalized spacial score (nSPS) is 10.7. The second-order valence-electron chi connectivity index (χ2n) is 4.44. The summed E-state index contributed by atoms with van der Waals surface area (Å²) >= 11 is 0. The van der Waals surface area contributed by atoms with E-state index in [9.17, 15) is 5.26 Å². The minimum absolute atomic E-state index is 0.638. The molecule has 20 heavy (non-hydrogen) atoms. The largest absolute Gasteiger partial charge is 0.497 e. The minimum Gasteiger partial charge on any atom is -0.497 e. The maximum Gasteiger partial charge on any atom is 0.151 e. The van der Waals surface area contributed by atoms with Gasteiger partial charge in [-0.2, -0.15) is 5.26 Å². The third-order valence-corrected chi connectivity index (χ3v) is 3.45. The predicted molar refractivity (Wildman–Crippen MR) is 76.6 cm³/mol. The summed E-state index contributed by atoms with van der Waals surface area (Å²) in [5.74, 6) is 1.48. The van der Waals surface area contributed by atoms with Gasteiger partial charge in [0.2, 0.25) is 0 Å². The summed E-state index contributed by atoms with van der Waals surface area (Å²) in [4.78, 5) is 0. The number of nitriles is 1. The Morgan fingerprint density at radius 3 is 2.80 bits per heavy atom. The van der Waals surface area contributed by atoms with E-state index in [0.29, 0.717) is 11.3 Å². The van der Waals surface area contributed by atoms with Crippen molar-refractivity contribution >= 4 is 10.9 Å². The summed E-state index contributed by atoms with van der Waals surface area (Å²) < 4.78 is 12.8. The van der Waals surface area contributed by atoms with Crippen molar-refractivity contribution in [3.8, 4) is 23.3 Å². The second kappa shape index (κ2) is 4.78. The van der Waals surface area contributed by atoms with Crippen molar-refractivity contribution in [2.45, 2.75) is 13.5 Å². The van der Waals surface area contributed by atoms with E-state index in [-0.39, 0.29) is 0 Å². The van der Waals surface area contributed by atoms with Gasteiger partial charge < -0.3 is 13.7 Å². The topological polar surface area (TPSA) is 51.1 Å². The van der Waals surface area contributed by atoms with E-state index in [1.807, 2.05) is 37.3 Å². The Morgan fingerprint density at radius 2 is 2.20 bits per heavy atom. The molecule has 100 valence electrons. The monoisotopic (exact) mass is 266 g/mol. The van der Waals surface area contributed by atoms with Crippen LogP contribution in [0.5, 0.6) is 5.75 Å². The van der Waals surface area contributed by atoms with Gasteiger partial charge in [-0.3, -0.25) is 0 Å². The Labute approximate surface area is 116 Å². The molecule has 0 radical (unpaired) electrons. The maximum absolute atomic E-state index is 9.51. The van der Waals surface area contributed by atoms with Gasteiger partial charge in [0.05, 0.1) is 24.5 Å². The third kappa shape index (κ3) is 1.68. The molecule has 3 rings (SSSR count). The number of aromatic nitrogens is 1. The lowest BCUT2D eigenvalue weighted by Crippen LogP contribution is -1.97. The summed E-state index contributed by atoms with van der Waals surface area (Å²) in [6.07, 6.45) is 1.62. The number of furan rings is 1. The van der Waals surface area contributed by atoms with Crippen LogP contribution in [0.1, 0.15) is 12.5 Å². The Bertz CT molecular complexity index is 792. The van der Waals surface area contributed by atoms with Crippen LogP contribution in [0.2, 0.25) is 0 Å². The molecule has 0 atom stereocenters. The number of benzene rings is 1. The van der Waals surface area contributed by atoms with Gasteiger partial charge in [0.15, 0.2) is 5.76 Å². The van der Waals surface area contributed by atoms with Crippen molar-refractivity contribution in [2.75, 3.05) is 7.11 Å². The average Bonchev–Trinajstić information content (AvgIpc) is 3.11. The fraction of sp³-hybridized carbons (Fsp3) is 0.188. The Kier molecular flexibility index (Phi) is 2.96. The molecule has 4 nitrogen and oxygen atoms in total. The minimum atomic E-state index is 0.638. The quantitative estimate of drug-likeness (QED) is 0.724. The molecule has 0 amide bonds. The van der Waals surface area contributed by atoms with Gasteiger partial charge in [0.25, 0.3) is 0 Å². The zero-order valence-electron chi connectivity index (χ0n) is 11.4. The third-order valence-electron chi connectivity index (χ3n) is 3.45. The van der Waals surface area contributed by atoms with Crippen LogP contribution < -0.4 is 4.74 Å². The molecule has 0 unspecified atom stereocenters. The summed E-state index contributed by atoms with van der Waals surface area (Å²) in [6, 6.07) is 11.7. The second-order valence-corrected chi connectivity index (χ2v) is 4.44. The van der Waals surface area contributed by atoms with Gasteiger partial charge in [-0.1, -0.05) is 0 Å². The molecule has 0 saturated carbocycles. The smallest absolute Gasteiger partial charge is 0.151 e. The molecule has 2 heterocycles. The number of rotatable bonds is 3. The number of methoxy groups -OCH3 is 1. The van der Waals surface area contributed by atoms with Crippen LogP contribution in [0, 0.1) is 11.3 Å². The highest BCUT2D eigenvalue weighted by molar-refractivity contribution is 5.94. The molecule has 0 spiro atoms. The first-order chi connectivity index (χ1) is 9.80. The lowest BCUT2D eigenvalue weighted by molar-refractivity contribution is 0.415. The summed E-state index contributed by atoms with van der Waals surface area (Å²) in [5.41, 5.74) is 2.44. The van der Waals surface area contributed by atoms with Gasteiger partial charge in [-0.25, -0.2) is 0 Å². The van der Waals surface area contributed by atoms with E-state index >= 15 is 0 Å². The molecular formula is C16H14N2O2. The molecule has 0 aliphatic carbocycles. The Balaban J connectivity index is 2.42. The van der Waals surface area contributed by atoms with Crippen molar-refractivity contribution < 1.29 is 9.15 Å². The van der Waals surface area contributed by atoms with Gasteiger partial charge in [0.1, 0.15) is 17.5 Å². The fourth-order valence-electron chi connectivity index (χ4n) is 2.57. The standard InChI is InChI=1S/C16H14N2O2/c1-3-18-14-9-11(19-2)6-7-12(14)13(10-17)16(18)15-5-4-8-20-15/h4-9H,3H2,1-2H3. The van der Waals surface area contributed by atoms with Crippen LogP contribution in [-0.2, 0) is 6.54 Å². The van der Waals surface area contributed by atoms with E-state index in [1.54, 1.807) is 13.4 Å². The molecule has 4 heteroatoms. The zero-order valence-corrected chi connectivity index (χ0v) is 11.4. The fourth-order valence-corrected chi connectivity index (χ4v) is 2.57. The van der Waals surface area contributed by atoms with Gasteiger partial charge in [0, 0.05) is 18.0 Å². The summed E-state index contributed by atoms with van der Waals surface area (Å²) in [5, 5.41) is 10.4. The average molecular weight is 266 g/mol. The first-order valence-corrected chi connectivity index (χ1v) is 6.44. The van der Waals surface area contributed by atoms with Crippen molar-refractivity contribution in [1.82, 2.24) is 4.57 Å². The Hall–Kier alpha value is -2.67. The van der Waals surface area contributed by atoms with Crippen LogP contribution in [0.25, 0.3) is 22.4 Å². The summed E-state index contributed by atoms with van der Waals surface area (Å²) in [7, 11) is 1.64. The molecule has 0 saturated heterocycles. The van der Waals surface area contributed by atoms with E-state index in [0.717, 1.165) is 28.9 Å². The molecule has 0 fully saturated rings. The van der Waals surface area contributed by atoms with Crippen molar-refractivity contribution in [3.05, 3.63) is 42.2 Å². The van der Waals surface area contributed by atoms with Crippen LogP contribution in [0.3, 0.4) is 0 Å². The van der Waals surface area contributed by atoms with Gasteiger partial charge >= 0.3 is 0 Å². The van der Waals surface area contributed by atoms with Crippen LogP contribution in [0.15, 0.2) is 41.0 Å². The van der Waals surface area contributed by atoms with Gasteiger partial charge in [-0.15, -0.1) is 0 Å². The predicted octanol–water partition coefficient (Wildman–Crippen LogP) is 3.80. The zero-order chi connectivity index (χ0) is 14.1. The van der Waals surface area contributed by atoms with Gasteiger partial charge in [-0.05, 0) is 31.2 Å². The lowest BCUT2D eigenvalue weighted by atomic mass is 10.1. The van der Waals surface area contributed by atoms with E-state index in [1.165, 1.54) is 0 Å². The first kappa shape index (κ1) is 12.4. The molecule has 1 aromatic carbocycles. The molecular weight excluding hydrogens is 252 g/mol. The highest BCUT2D eigenvalue weighted by atomic mass is 16.5. The molecule has 0 aliphatic heterocycles. The first-order valence-electron chi connectivity index (χ1n) is 6.44. The van der Waals surface area contributed by atoms with Crippen molar-refractivity contribution in [1.29, 1.82) is 5.26 Å². The molecule has 3 aromatic rings. The number of ether oxygens (including phenoxy) is 1. The highest BCUT2D eigenvalue weighted by Crippen LogP contribution is 2.35. The number of hydrogen-bond acceptors (Lipinski definition) is 3. The van der Waals surface area contributed by atoms with Crippen LogP contribution in [-0.4, -0.2) is 11.7 Å². The summed E-state index contributed by atoms with van der Waals surface area (Å²) in [6.45, 7) is 2.80. The van der Waals surface area contributed by atoms with Crippen molar-refractivity contribution in [3.63, 3.8) is 0 Å². The molecule has 0 aliphatic rings. The van der Waals surface area contributed by atoms with Crippen LogP contribution in [0.4, 0.5) is 0 Å². The van der Waals surface area contributed by atoms with Crippen LogP contribution >= 0.6 is 0 Å². The molecule has 2 aromatic heterocycles. The number of fused-ring (bicyclic) bond motifs is 1. The van der Waals surface area contributed by atoms with E-state index < -0.39 is 0 Å². The number of hydrogen-bond donors (Lipinski definition) is 0. The van der Waals surface area contributed by atoms with Crippen molar-refractivity contribution in [2.24, 2.45) is 0 Å². The molecule has 0 bridgehead atoms. The number of nitrogens with zero attached hydrogens (tertiary/aromatic N) is 2. The van der Waals surface area contributed by atoms with E-state index in [2.05, 4.69) is 10.6 Å². The lowest BCUT2D eigenvalue weighted by Gasteiger charge is -2.06. The Morgan fingerprint density at radius 1 is 1.35 bits per heavy atom. The number of aryl methyl sites for hydroxylation is 1.